The first-order valence-electron chi connectivity index (χ1n) is 9.46. The third-order valence-corrected chi connectivity index (χ3v) is 6.70. The van der Waals surface area contributed by atoms with Crippen LogP contribution in [0.15, 0.2) is 51.2 Å². The fraction of sp³-hybridized carbons (Fsp3) is 0.476. The van der Waals surface area contributed by atoms with E-state index in [4.69, 9.17) is 11.0 Å². The molecule has 0 radical (unpaired) electrons. The lowest BCUT2D eigenvalue weighted by Gasteiger charge is -2.42. The number of nitrogens with zero attached hydrogens (tertiary/aromatic N) is 4. The normalized spacial score (nSPS) is 22.7. The number of thioether (sulfide) groups is 1. The molecule has 6 heteroatoms. The number of likely N-dealkylation sites (tertiary alicyclic amines) is 1. The molecule has 0 unspecified atom stereocenters. The van der Waals surface area contributed by atoms with Crippen LogP contribution < -0.4 is 5.73 Å². The number of hydrogen-bond acceptors (Lipinski definition) is 6. The van der Waals surface area contributed by atoms with Gasteiger partial charge in [0.05, 0.1) is 22.9 Å². The van der Waals surface area contributed by atoms with Gasteiger partial charge in [0.1, 0.15) is 5.82 Å². The topological polar surface area (TPSA) is 77.8 Å². The molecule has 1 saturated carbocycles. The van der Waals surface area contributed by atoms with Crippen molar-refractivity contribution in [2.45, 2.75) is 50.0 Å². The van der Waals surface area contributed by atoms with Crippen molar-refractivity contribution in [3.8, 4) is 6.07 Å². The zero-order valence-corrected chi connectivity index (χ0v) is 16.7. The van der Waals surface area contributed by atoms with E-state index in [0.29, 0.717) is 17.0 Å². The predicted octanol–water partition coefficient (Wildman–Crippen LogP) is 4.16. The quantitative estimate of drug-likeness (QED) is 0.482. The second-order valence-electron chi connectivity index (χ2n) is 7.38. The summed E-state index contributed by atoms with van der Waals surface area (Å²) in [5, 5.41) is 9.91. The SMILES string of the molecule is C=N/C(=C\N=C(C)Sc1cccc(C#N)c1)N1CCC2(CCC[C@H]2N)CC1. The van der Waals surface area contributed by atoms with Gasteiger partial charge in [-0.1, -0.05) is 24.2 Å². The Morgan fingerprint density at radius 2 is 2.19 bits per heavy atom. The zero-order valence-electron chi connectivity index (χ0n) is 15.9. The molecule has 2 N–H and O–H groups in total. The highest BCUT2D eigenvalue weighted by molar-refractivity contribution is 8.13. The van der Waals surface area contributed by atoms with Gasteiger partial charge in [-0.05, 0) is 62.9 Å². The molecule has 2 aliphatic rings. The lowest BCUT2D eigenvalue weighted by atomic mass is 9.74. The van der Waals surface area contributed by atoms with Gasteiger partial charge >= 0.3 is 0 Å². The minimum Gasteiger partial charge on any atom is -0.355 e. The molecule has 1 spiro atoms. The summed E-state index contributed by atoms with van der Waals surface area (Å²) in [5.74, 6) is 0.821. The van der Waals surface area contributed by atoms with Gasteiger partial charge in [0, 0.05) is 24.0 Å². The molecule has 1 saturated heterocycles. The maximum atomic E-state index is 9.01. The van der Waals surface area contributed by atoms with Crippen molar-refractivity contribution >= 4 is 23.5 Å². The number of hydrogen-bond donors (Lipinski definition) is 1. The summed E-state index contributed by atoms with van der Waals surface area (Å²) < 4.78 is 0. The molecule has 142 valence electrons. The van der Waals surface area contributed by atoms with Crippen LogP contribution in [-0.4, -0.2) is 35.8 Å². The Kier molecular flexibility index (Phi) is 6.35. The minimum absolute atomic E-state index is 0.337. The molecule has 1 aliphatic heterocycles. The van der Waals surface area contributed by atoms with Gasteiger partial charge in [-0.15, -0.1) is 0 Å². The van der Waals surface area contributed by atoms with Crippen molar-refractivity contribution in [1.82, 2.24) is 4.90 Å². The monoisotopic (exact) mass is 381 g/mol. The summed E-state index contributed by atoms with van der Waals surface area (Å²) in [4.78, 5) is 12.0. The first-order valence-corrected chi connectivity index (χ1v) is 10.3. The van der Waals surface area contributed by atoms with Crippen LogP contribution in [0.5, 0.6) is 0 Å². The van der Waals surface area contributed by atoms with Crippen LogP contribution in [-0.2, 0) is 0 Å². The van der Waals surface area contributed by atoms with Crippen LogP contribution in [0.1, 0.15) is 44.6 Å². The van der Waals surface area contributed by atoms with E-state index in [1.54, 1.807) is 24.0 Å². The summed E-state index contributed by atoms with van der Waals surface area (Å²) >= 11 is 1.54. The Bertz CT molecular complexity index is 784. The summed E-state index contributed by atoms with van der Waals surface area (Å²) in [6.07, 6.45) is 7.74. The average molecular weight is 382 g/mol. The van der Waals surface area contributed by atoms with Crippen LogP contribution in [0.3, 0.4) is 0 Å². The van der Waals surface area contributed by atoms with Crippen molar-refractivity contribution in [3.63, 3.8) is 0 Å². The number of benzene rings is 1. The molecule has 27 heavy (non-hydrogen) atoms. The van der Waals surface area contributed by atoms with Crippen molar-refractivity contribution < 1.29 is 0 Å². The molecule has 1 heterocycles. The Labute approximate surface area is 166 Å². The molecule has 5 nitrogen and oxygen atoms in total. The molecular formula is C21H27N5S. The summed E-state index contributed by atoms with van der Waals surface area (Å²) in [6, 6.07) is 10.1. The Balaban J connectivity index is 1.63. The van der Waals surface area contributed by atoms with E-state index in [1.807, 2.05) is 25.1 Å². The van der Waals surface area contributed by atoms with Crippen LogP contribution >= 0.6 is 11.8 Å². The Morgan fingerprint density at radius 1 is 1.41 bits per heavy atom. The van der Waals surface area contributed by atoms with E-state index in [2.05, 4.69) is 27.7 Å². The highest BCUT2D eigenvalue weighted by atomic mass is 32.2. The lowest BCUT2D eigenvalue weighted by Crippen LogP contribution is -2.46. The summed E-state index contributed by atoms with van der Waals surface area (Å²) in [5.41, 5.74) is 7.37. The second kappa shape index (κ2) is 8.73. The first-order chi connectivity index (χ1) is 13.1. The Morgan fingerprint density at radius 3 is 2.81 bits per heavy atom. The van der Waals surface area contributed by atoms with Crippen molar-refractivity contribution in [3.05, 3.63) is 41.8 Å². The van der Waals surface area contributed by atoms with Crippen LogP contribution in [0.4, 0.5) is 0 Å². The minimum atomic E-state index is 0.337. The van der Waals surface area contributed by atoms with E-state index in [-0.39, 0.29) is 0 Å². The van der Waals surface area contributed by atoms with Gasteiger partial charge in [0.2, 0.25) is 0 Å². The standard InChI is InChI=1S/C21H27N5S/c1-16(27-18-6-3-5-17(13-18)14-22)25-15-20(24-2)26-11-9-21(10-12-26)8-4-7-19(21)23/h3,5-6,13,15,19H,2,4,7-12,23H2,1H3/b20-15+,25-16?/t19-/m1/s1. The van der Waals surface area contributed by atoms with Gasteiger partial charge in [-0.25, -0.2) is 4.99 Å². The van der Waals surface area contributed by atoms with Crippen LogP contribution in [0, 0.1) is 16.7 Å². The second-order valence-corrected chi connectivity index (χ2v) is 8.65. The summed E-state index contributed by atoms with van der Waals surface area (Å²) in [6.45, 7) is 7.62. The number of piperidine rings is 1. The number of nitriles is 1. The van der Waals surface area contributed by atoms with E-state index < -0.39 is 0 Å². The molecular weight excluding hydrogens is 354 g/mol. The van der Waals surface area contributed by atoms with Gasteiger partial charge in [0.25, 0.3) is 0 Å². The number of nitrogens with two attached hydrogens (primary N) is 1. The van der Waals surface area contributed by atoms with E-state index in [1.165, 1.54) is 12.8 Å². The zero-order chi connectivity index (χ0) is 19.3. The molecule has 0 aromatic heterocycles. The average Bonchev–Trinajstić information content (AvgIpc) is 3.03. The van der Waals surface area contributed by atoms with Crippen molar-refractivity contribution in [2.24, 2.45) is 21.1 Å². The van der Waals surface area contributed by atoms with Gasteiger partial charge in [-0.3, -0.25) is 4.99 Å². The van der Waals surface area contributed by atoms with Crippen LogP contribution in [0.2, 0.25) is 0 Å². The van der Waals surface area contributed by atoms with Crippen molar-refractivity contribution in [2.75, 3.05) is 13.1 Å². The molecule has 0 bridgehead atoms. The highest BCUT2D eigenvalue weighted by Crippen LogP contribution is 2.45. The maximum Gasteiger partial charge on any atom is 0.146 e. The number of rotatable bonds is 4. The molecule has 2 fully saturated rings. The number of aliphatic imine (C=N–C) groups is 2. The third-order valence-electron chi connectivity index (χ3n) is 5.81. The van der Waals surface area contributed by atoms with E-state index >= 15 is 0 Å². The summed E-state index contributed by atoms with van der Waals surface area (Å²) in [7, 11) is 0. The van der Waals surface area contributed by atoms with E-state index in [0.717, 1.165) is 48.1 Å². The van der Waals surface area contributed by atoms with Gasteiger partial charge in [-0.2, -0.15) is 5.26 Å². The third kappa shape index (κ3) is 4.60. The van der Waals surface area contributed by atoms with Gasteiger partial charge < -0.3 is 10.6 Å². The highest BCUT2D eigenvalue weighted by Gasteiger charge is 2.43. The molecule has 1 aromatic rings. The largest absolute Gasteiger partial charge is 0.355 e. The maximum absolute atomic E-state index is 9.01. The van der Waals surface area contributed by atoms with Gasteiger partial charge in [0.15, 0.2) is 0 Å². The van der Waals surface area contributed by atoms with E-state index in [9.17, 15) is 0 Å². The van der Waals surface area contributed by atoms with Crippen molar-refractivity contribution in [1.29, 1.82) is 5.26 Å². The first kappa shape index (κ1) is 19.7. The predicted molar refractivity (Wildman–Crippen MR) is 113 cm³/mol. The smallest absolute Gasteiger partial charge is 0.146 e. The molecule has 1 aliphatic carbocycles. The Hall–Kier alpha value is -2.10. The molecule has 0 amide bonds. The fourth-order valence-electron chi connectivity index (χ4n) is 4.16. The molecule has 3 rings (SSSR count). The molecule has 1 atom stereocenters. The lowest BCUT2D eigenvalue weighted by molar-refractivity contribution is 0.115. The van der Waals surface area contributed by atoms with Crippen LogP contribution in [0.25, 0.3) is 0 Å². The fourth-order valence-corrected chi connectivity index (χ4v) is 4.94. The molecule has 1 aromatic carbocycles.